The lowest BCUT2D eigenvalue weighted by atomic mass is 10.0. The van der Waals surface area contributed by atoms with Gasteiger partial charge in [0.25, 0.3) is 0 Å². The van der Waals surface area contributed by atoms with E-state index in [-0.39, 0.29) is 0 Å². The lowest BCUT2D eigenvalue weighted by molar-refractivity contribution is -0.118. The zero-order chi connectivity index (χ0) is 13.5. The summed E-state index contributed by atoms with van der Waals surface area (Å²) >= 11 is 0. The molecule has 2 heteroatoms. The Balaban J connectivity index is 1.72. The van der Waals surface area contributed by atoms with Crippen molar-refractivity contribution in [2.24, 2.45) is 5.92 Å². The number of hydrogen-bond acceptors (Lipinski definition) is 2. The quantitative estimate of drug-likeness (QED) is 0.512. The van der Waals surface area contributed by atoms with Crippen molar-refractivity contribution in [3.63, 3.8) is 0 Å². The van der Waals surface area contributed by atoms with Crippen molar-refractivity contribution in [3.05, 3.63) is 11.6 Å². The minimum atomic E-state index is 0.306. The molecule has 1 saturated heterocycles. The maximum Gasteiger partial charge on any atom is 0.162 e. The molecule has 0 aromatic rings. The predicted octanol–water partition coefficient (Wildman–Crippen LogP) is 3.96. The maximum absolute atomic E-state index is 12.3. The molecule has 0 spiro atoms. The van der Waals surface area contributed by atoms with Crippen LogP contribution >= 0.6 is 0 Å². The van der Waals surface area contributed by atoms with Crippen LogP contribution in [0.3, 0.4) is 0 Å². The maximum atomic E-state index is 12.3. The fraction of sp³-hybridized carbons (Fsp3) is 0.824. The Kier molecular flexibility index (Phi) is 6.09. The van der Waals surface area contributed by atoms with E-state index in [0.29, 0.717) is 11.7 Å². The van der Waals surface area contributed by atoms with E-state index in [9.17, 15) is 4.79 Å². The third kappa shape index (κ3) is 4.45. The molecular formula is C17H29NO. The highest BCUT2D eigenvalue weighted by atomic mass is 16.1. The summed E-state index contributed by atoms with van der Waals surface area (Å²) in [4.78, 5) is 14.8. The summed E-state index contributed by atoms with van der Waals surface area (Å²) in [6.07, 6.45) is 13.3. The van der Waals surface area contributed by atoms with Crippen LogP contribution in [0.1, 0.15) is 64.7 Å². The van der Waals surface area contributed by atoms with Crippen molar-refractivity contribution in [1.29, 1.82) is 0 Å². The normalized spacial score (nSPS) is 26.7. The van der Waals surface area contributed by atoms with Crippen molar-refractivity contribution >= 4 is 5.78 Å². The van der Waals surface area contributed by atoms with Crippen LogP contribution in [0, 0.1) is 5.92 Å². The molecule has 0 amide bonds. The highest BCUT2D eigenvalue weighted by Crippen LogP contribution is 2.29. The highest BCUT2D eigenvalue weighted by Gasteiger charge is 2.30. The number of ketones is 1. The fourth-order valence-electron chi connectivity index (χ4n) is 3.35. The molecule has 0 radical (unpaired) electrons. The van der Waals surface area contributed by atoms with Crippen molar-refractivity contribution in [2.75, 3.05) is 19.6 Å². The molecule has 0 aromatic carbocycles. The average molecular weight is 263 g/mol. The molecule has 2 nitrogen and oxygen atoms in total. The van der Waals surface area contributed by atoms with Crippen LogP contribution in [-0.2, 0) is 4.79 Å². The number of allylic oxidation sites excluding steroid dienone is 2. The smallest absolute Gasteiger partial charge is 0.162 e. The van der Waals surface area contributed by atoms with Crippen molar-refractivity contribution in [2.45, 2.75) is 64.7 Å². The number of unbranched alkanes of at least 4 members (excludes halogenated alkanes) is 4. The van der Waals surface area contributed by atoms with Gasteiger partial charge >= 0.3 is 0 Å². The Hall–Kier alpha value is -0.630. The average Bonchev–Trinajstić information content (AvgIpc) is 3.03. The second-order valence-electron chi connectivity index (χ2n) is 6.19. The molecule has 0 bridgehead atoms. The monoisotopic (exact) mass is 263 g/mol. The van der Waals surface area contributed by atoms with Crippen LogP contribution in [0.2, 0.25) is 0 Å². The van der Waals surface area contributed by atoms with E-state index in [1.165, 1.54) is 51.6 Å². The van der Waals surface area contributed by atoms with E-state index in [4.69, 9.17) is 0 Å². The fourth-order valence-corrected chi connectivity index (χ4v) is 3.35. The van der Waals surface area contributed by atoms with E-state index in [0.717, 1.165) is 31.4 Å². The summed E-state index contributed by atoms with van der Waals surface area (Å²) < 4.78 is 0. The van der Waals surface area contributed by atoms with Crippen LogP contribution in [0.5, 0.6) is 0 Å². The summed E-state index contributed by atoms with van der Waals surface area (Å²) in [5.74, 6) is 0.766. The van der Waals surface area contributed by atoms with Gasteiger partial charge in [0.1, 0.15) is 0 Å². The molecule has 0 N–H and O–H groups in total. The lowest BCUT2D eigenvalue weighted by Gasteiger charge is -2.18. The van der Waals surface area contributed by atoms with Gasteiger partial charge in [-0.05, 0) is 57.2 Å². The van der Waals surface area contributed by atoms with Crippen LogP contribution in [0.25, 0.3) is 0 Å². The number of likely N-dealkylation sites (tertiary alicyclic amines) is 1. The Labute approximate surface area is 118 Å². The highest BCUT2D eigenvalue weighted by molar-refractivity contribution is 5.99. The number of carbonyl (C=O) groups is 1. The first-order valence-corrected chi connectivity index (χ1v) is 8.27. The van der Waals surface area contributed by atoms with Gasteiger partial charge in [-0.3, -0.25) is 4.79 Å². The summed E-state index contributed by atoms with van der Waals surface area (Å²) in [5, 5.41) is 0. The molecule has 2 fully saturated rings. The van der Waals surface area contributed by atoms with E-state index in [2.05, 4.69) is 17.9 Å². The summed E-state index contributed by atoms with van der Waals surface area (Å²) in [6, 6.07) is 0. The van der Waals surface area contributed by atoms with Gasteiger partial charge in [0, 0.05) is 12.5 Å². The lowest BCUT2D eigenvalue weighted by Crippen LogP contribution is -2.28. The first-order valence-electron chi connectivity index (χ1n) is 8.27. The molecule has 1 aliphatic carbocycles. The second-order valence-corrected chi connectivity index (χ2v) is 6.19. The van der Waals surface area contributed by atoms with Gasteiger partial charge in [0.2, 0.25) is 0 Å². The number of rotatable bonds is 7. The largest absolute Gasteiger partial charge is 0.303 e. The van der Waals surface area contributed by atoms with Crippen LogP contribution in [-0.4, -0.2) is 30.3 Å². The molecule has 0 aromatic heterocycles. The van der Waals surface area contributed by atoms with Gasteiger partial charge in [-0.15, -0.1) is 0 Å². The van der Waals surface area contributed by atoms with E-state index in [1.54, 1.807) is 0 Å². The zero-order valence-electron chi connectivity index (χ0n) is 12.5. The van der Waals surface area contributed by atoms with Crippen LogP contribution in [0.15, 0.2) is 11.6 Å². The minimum absolute atomic E-state index is 0.306. The molecule has 2 rings (SSSR count). The van der Waals surface area contributed by atoms with Gasteiger partial charge < -0.3 is 4.90 Å². The van der Waals surface area contributed by atoms with E-state index >= 15 is 0 Å². The molecule has 2 aliphatic rings. The molecule has 1 heterocycles. The molecule has 1 saturated carbocycles. The van der Waals surface area contributed by atoms with Crippen molar-refractivity contribution < 1.29 is 4.79 Å². The predicted molar refractivity (Wildman–Crippen MR) is 80.2 cm³/mol. The Morgan fingerprint density at radius 1 is 1.21 bits per heavy atom. The van der Waals surface area contributed by atoms with Crippen LogP contribution in [0.4, 0.5) is 0 Å². The number of carbonyl (C=O) groups excluding carboxylic acids is 1. The van der Waals surface area contributed by atoms with E-state index in [1.807, 2.05) is 0 Å². The molecule has 1 unspecified atom stereocenters. The molecule has 19 heavy (non-hydrogen) atoms. The minimum Gasteiger partial charge on any atom is -0.303 e. The Morgan fingerprint density at radius 2 is 2.00 bits per heavy atom. The van der Waals surface area contributed by atoms with Gasteiger partial charge in [-0.2, -0.15) is 0 Å². The van der Waals surface area contributed by atoms with Gasteiger partial charge in [0.15, 0.2) is 5.78 Å². The number of Topliss-reactive ketones (excluding diaryl/α,β-unsaturated/α-hetero) is 1. The van der Waals surface area contributed by atoms with Gasteiger partial charge in [-0.25, -0.2) is 0 Å². The van der Waals surface area contributed by atoms with E-state index < -0.39 is 0 Å². The topological polar surface area (TPSA) is 20.3 Å². The van der Waals surface area contributed by atoms with Gasteiger partial charge in [0.05, 0.1) is 0 Å². The van der Waals surface area contributed by atoms with Crippen molar-refractivity contribution in [3.8, 4) is 0 Å². The summed E-state index contributed by atoms with van der Waals surface area (Å²) in [6.45, 7) is 5.67. The molecule has 1 aliphatic heterocycles. The first kappa shape index (κ1) is 14.8. The summed E-state index contributed by atoms with van der Waals surface area (Å²) in [7, 11) is 0. The van der Waals surface area contributed by atoms with Crippen LogP contribution < -0.4 is 0 Å². The molecule has 1 atom stereocenters. The van der Waals surface area contributed by atoms with Gasteiger partial charge in [-0.1, -0.05) is 32.3 Å². The molecule has 108 valence electrons. The number of nitrogens with zero attached hydrogens (tertiary/aromatic N) is 1. The third-order valence-electron chi connectivity index (χ3n) is 4.58. The first-order chi connectivity index (χ1) is 9.31. The Morgan fingerprint density at radius 3 is 2.74 bits per heavy atom. The Bertz CT molecular complexity index is 315. The SMILES string of the molecule is CCCCCC/C=C1/CCC(CN2CCCC2)C1=O. The standard InChI is InChI=1S/C17H29NO/c1-2-3-4-5-6-9-15-10-11-16(17(15)19)14-18-12-7-8-13-18/h9,16H,2-8,10-14H2,1H3/b15-9-. The summed E-state index contributed by atoms with van der Waals surface area (Å²) in [5.41, 5.74) is 1.14. The zero-order valence-corrected chi connectivity index (χ0v) is 12.5. The number of hydrogen-bond donors (Lipinski definition) is 0. The molecular weight excluding hydrogens is 234 g/mol. The third-order valence-corrected chi connectivity index (χ3v) is 4.58. The van der Waals surface area contributed by atoms with Crippen molar-refractivity contribution in [1.82, 2.24) is 4.90 Å². The second kappa shape index (κ2) is 7.84.